The Morgan fingerprint density at radius 3 is 2.58 bits per heavy atom. The van der Waals surface area contributed by atoms with Crippen molar-refractivity contribution in [2.75, 3.05) is 7.05 Å². The first-order valence-electron chi connectivity index (χ1n) is 6.50. The lowest BCUT2D eigenvalue weighted by Gasteiger charge is -2.25. The average Bonchev–Trinajstić information content (AvgIpc) is 2.49. The van der Waals surface area contributed by atoms with Gasteiger partial charge in [-0.2, -0.15) is 0 Å². The van der Waals surface area contributed by atoms with Gasteiger partial charge in [0.25, 0.3) is 0 Å². The number of nitrogens with zero attached hydrogens (tertiary/aromatic N) is 2. The fourth-order valence-corrected chi connectivity index (χ4v) is 3.27. The molecule has 4 heteroatoms. The van der Waals surface area contributed by atoms with E-state index in [2.05, 4.69) is 52.5 Å². The molecule has 0 aliphatic rings. The third-order valence-corrected chi connectivity index (χ3v) is 4.46. The lowest BCUT2D eigenvalue weighted by Crippen LogP contribution is -2.27. The zero-order valence-corrected chi connectivity index (χ0v) is 12.1. The maximum atomic E-state index is 4.30. The number of nitrogens with one attached hydrogen (secondary N) is 1. The van der Waals surface area contributed by atoms with Crippen molar-refractivity contribution in [3.63, 3.8) is 0 Å². The van der Waals surface area contributed by atoms with E-state index in [-0.39, 0.29) is 0 Å². The van der Waals surface area contributed by atoms with Gasteiger partial charge in [0.05, 0.1) is 5.03 Å². The second-order valence-electron chi connectivity index (χ2n) is 4.29. The molecular formula is C15H19N3S. The first kappa shape index (κ1) is 14.0. The monoisotopic (exact) mass is 273 g/mol. The summed E-state index contributed by atoms with van der Waals surface area (Å²) in [7, 11) is 2.01. The molecule has 2 aromatic rings. The lowest BCUT2D eigenvalue weighted by molar-refractivity contribution is 0.555. The van der Waals surface area contributed by atoms with E-state index in [9.17, 15) is 0 Å². The molecule has 1 aromatic carbocycles. The molecule has 0 aliphatic heterocycles. The van der Waals surface area contributed by atoms with Gasteiger partial charge in [-0.25, -0.2) is 9.97 Å². The summed E-state index contributed by atoms with van der Waals surface area (Å²) < 4.78 is 0. The Bertz CT molecular complexity index is 475. The summed E-state index contributed by atoms with van der Waals surface area (Å²) in [5.74, 6) is 0. The Labute approximate surface area is 118 Å². The minimum atomic E-state index is 0.325. The second-order valence-corrected chi connectivity index (χ2v) is 5.55. The van der Waals surface area contributed by atoms with Gasteiger partial charge in [0.2, 0.25) is 0 Å². The molecule has 100 valence electrons. The van der Waals surface area contributed by atoms with Crippen molar-refractivity contribution in [3.05, 3.63) is 54.5 Å². The van der Waals surface area contributed by atoms with Crippen LogP contribution in [0.5, 0.6) is 0 Å². The molecule has 0 saturated heterocycles. The van der Waals surface area contributed by atoms with Crippen LogP contribution in [0.25, 0.3) is 0 Å². The molecule has 0 radical (unpaired) electrons. The minimum absolute atomic E-state index is 0.325. The van der Waals surface area contributed by atoms with E-state index in [4.69, 9.17) is 0 Å². The predicted molar refractivity (Wildman–Crippen MR) is 80.2 cm³/mol. The Balaban J connectivity index is 2.15. The number of hydrogen-bond donors (Lipinski definition) is 1. The lowest BCUT2D eigenvalue weighted by atomic mass is 10.0. The summed E-state index contributed by atoms with van der Waals surface area (Å²) in [5, 5.41) is 4.90. The van der Waals surface area contributed by atoms with Gasteiger partial charge < -0.3 is 5.32 Å². The quantitative estimate of drug-likeness (QED) is 0.647. The molecule has 0 spiro atoms. The molecule has 1 N–H and O–H groups in total. The van der Waals surface area contributed by atoms with Gasteiger partial charge in [-0.05, 0) is 25.1 Å². The van der Waals surface area contributed by atoms with Gasteiger partial charge in [-0.15, -0.1) is 11.8 Å². The molecule has 2 atom stereocenters. The highest BCUT2D eigenvalue weighted by Gasteiger charge is 2.21. The van der Waals surface area contributed by atoms with Crippen LogP contribution in [-0.2, 0) is 0 Å². The average molecular weight is 273 g/mol. The smallest absolute Gasteiger partial charge is 0.116 e. The van der Waals surface area contributed by atoms with E-state index in [1.165, 1.54) is 5.56 Å². The zero-order chi connectivity index (χ0) is 13.5. The van der Waals surface area contributed by atoms with E-state index in [1.807, 2.05) is 13.1 Å². The molecule has 0 amide bonds. The van der Waals surface area contributed by atoms with Gasteiger partial charge in [0.15, 0.2) is 0 Å². The molecular weight excluding hydrogens is 254 g/mol. The Kier molecular flexibility index (Phi) is 5.36. The summed E-state index contributed by atoms with van der Waals surface area (Å²) >= 11 is 1.80. The molecule has 0 aliphatic carbocycles. The predicted octanol–water partition coefficient (Wildman–Crippen LogP) is 3.31. The van der Waals surface area contributed by atoms with Gasteiger partial charge in [0, 0.05) is 17.5 Å². The number of aromatic nitrogens is 2. The van der Waals surface area contributed by atoms with Gasteiger partial charge >= 0.3 is 0 Å². The molecule has 2 rings (SSSR count). The molecule has 0 bridgehead atoms. The van der Waals surface area contributed by atoms with Crippen LogP contribution in [0.2, 0.25) is 0 Å². The molecule has 0 fully saturated rings. The third-order valence-electron chi connectivity index (χ3n) is 3.07. The maximum Gasteiger partial charge on any atom is 0.116 e. The van der Waals surface area contributed by atoms with E-state index >= 15 is 0 Å². The van der Waals surface area contributed by atoms with E-state index < -0.39 is 0 Å². The summed E-state index contributed by atoms with van der Waals surface area (Å²) in [5.41, 5.74) is 1.32. The summed E-state index contributed by atoms with van der Waals surface area (Å²) in [6.45, 7) is 2.21. The van der Waals surface area contributed by atoms with Crippen molar-refractivity contribution in [2.24, 2.45) is 0 Å². The van der Waals surface area contributed by atoms with Gasteiger partial charge in [-0.3, -0.25) is 0 Å². The Hall–Kier alpha value is -1.39. The number of thioether (sulfide) groups is 1. The summed E-state index contributed by atoms with van der Waals surface area (Å²) in [6.07, 6.45) is 4.47. The SMILES string of the molecule is CCC(Sc1ccncn1)C(NC)c1ccccc1. The maximum absolute atomic E-state index is 4.30. The van der Waals surface area contributed by atoms with Crippen LogP contribution in [0, 0.1) is 0 Å². The highest BCUT2D eigenvalue weighted by Crippen LogP contribution is 2.32. The molecule has 19 heavy (non-hydrogen) atoms. The Morgan fingerprint density at radius 2 is 2.00 bits per heavy atom. The molecule has 1 aromatic heterocycles. The minimum Gasteiger partial charge on any atom is -0.312 e. The van der Waals surface area contributed by atoms with E-state index in [0.717, 1.165) is 11.4 Å². The van der Waals surface area contributed by atoms with Gasteiger partial charge in [0.1, 0.15) is 6.33 Å². The number of hydrogen-bond acceptors (Lipinski definition) is 4. The molecule has 0 saturated carbocycles. The van der Waals surface area contributed by atoms with Crippen molar-refractivity contribution in [1.82, 2.24) is 15.3 Å². The highest BCUT2D eigenvalue weighted by atomic mass is 32.2. The largest absolute Gasteiger partial charge is 0.312 e. The topological polar surface area (TPSA) is 37.8 Å². The third kappa shape index (κ3) is 3.78. The second kappa shape index (κ2) is 7.26. The number of rotatable bonds is 6. The molecule has 2 unspecified atom stereocenters. The van der Waals surface area contributed by atoms with Crippen LogP contribution in [0.3, 0.4) is 0 Å². The Morgan fingerprint density at radius 1 is 1.21 bits per heavy atom. The van der Waals surface area contributed by atoms with Crippen molar-refractivity contribution in [1.29, 1.82) is 0 Å². The van der Waals surface area contributed by atoms with Crippen LogP contribution in [0.15, 0.2) is 53.9 Å². The van der Waals surface area contributed by atoms with Crippen molar-refractivity contribution in [3.8, 4) is 0 Å². The van der Waals surface area contributed by atoms with Crippen LogP contribution < -0.4 is 5.32 Å². The number of benzene rings is 1. The van der Waals surface area contributed by atoms with E-state index in [1.54, 1.807) is 24.3 Å². The standard InChI is InChI=1S/C15H19N3S/c1-3-13(19-14-9-10-17-11-18-14)15(16-2)12-7-5-4-6-8-12/h4-11,13,15-16H,3H2,1-2H3. The van der Waals surface area contributed by atoms with Gasteiger partial charge in [-0.1, -0.05) is 37.3 Å². The van der Waals surface area contributed by atoms with Crippen molar-refractivity contribution < 1.29 is 0 Å². The van der Waals surface area contributed by atoms with Crippen LogP contribution in [0.1, 0.15) is 24.9 Å². The highest BCUT2D eigenvalue weighted by molar-refractivity contribution is 7.99. The fraction of sp³-hybridized carbons (Fsp3) is 0.333. The van der Waals surface area contributed by atoms with Crippen molar-refractivity contribution in [2.45, 2.75) is 29.7 Å². The fourth-order valence-electron chi connectivity index (χ4n) is 2.12. The molecule has 3 nitrogen and oxygen atoms in total. The zero-order valence-electron chi connectivity index (χ0n) is 11.3. The van der Waals surface area contributed by atoms with Crippen molar-refractivity contribution >= 4 is 11.8 Å². The first-order valence-corrected chi connectivity index (χ1v) is 7.38. The van der Waals surface area contributed by atoms with Crippen LogP contribution in [0.4, 0.5) is 0 Å². The van der Waals surface area contributed by atoms with Crippen LogP contribution >= 0.6 is 11.8 Å². The summed E-state index contributed by atoms with van der Waals surface area (Å²) in [4.78, 5) is 8.26. The first-order chi connectivity index (χ1) is 9.35. The summed E-state index contributed by atoms with van der Waals surface area (Å²) in [6, 6.07) is 12.9. The normalized spacial score (nSPS) is 14.0. The van der Waals surface area contributed by atoms with E-state index in [0.29, 0.717) is 11.3 Å². The van der Waals surface area contributed by atoms with Crippen LogP contribution in [-0.4, -0.2) is 22.3 Å². The molecule has 1 heterocycles.